The predicted molar refractivity (Wildman–Crippen MR) is 74.9 cm³/mol. The van der Waals surface area contributed by atoms with Crippen LogP contribution in [0.15, 0.2) is 0 Å². The van der Waals surface area contributed by atoms with Gasteiger partial charge in [0, 0.05) is 0 Å². The van der Waals surface area contributed by atoms with Crippen molar-refractivity contribution in [2.45, 2.75) is 36.9 Å². The minimum absolute atomic E-state index is 0. The van der Waals surface area contributed by atoms with Crippen molar-refractivity contribution in [3.63, 3.8) is 0 Å². The van der Waals surface area contributed by atoms with Gasteiger partial charge in [0.2, 0.25) is 0 Å². The van der Waals surface area contributed by atoms with Gasteiger partial charge in [0.25, 0.3) is 0 Å². The molecule has 0 atom stereocenters. The summed E-state index contributed by atoms with van der Waals surface area (Å²) in [6, 6.07) is 0. The normalized spacial score (nSPS) is 9.40. The molecular formula is C12H16K2O15Ti+4. The van der Waals surface area contributed by atoms with Gasteiger partial charge < -0.3 is 46.3 Å². The molecule has 0 rings (SSSR count). The number of hydrogen-bond donors (Lipinski definition) is 8. The van der Waals surface area contributed by atoms with Gasteiger partial charge in [0.1, 0.15) is 0 Å². The molecule has 0 aromatic rings. The number of carboxylic acids is 6. The van der Waals surface area contributed by atoms with Crippen molar-refractivity contribution in [2.75, 3.05) is 0 Å². The minimum Gasteiger partial charge on any atom is -2.00 e. The van der Waals surface area contributed by atoms with E-state index >= 15 is 0 Å². The first-order chi connectivity index (χ1) is 11.6. The van der Waals surface area contributed by atoms with Crippen molar-refractivity contribution in [3.05, 3.63) is 0 Å². The van der Waals surface area contributed by atoms with Crippen LogP contribution in [0, 0.1) is 0 Å². The number of carboxylic acid groups (broad SMARTS) is 6. The molecule has 0 aliphatic carbocycles. The summed E-state index contributed by atoms with van der Waals surface area (Å²) in [7, 11) is 0. The van der Waals surface area contributed by atoms with Gasteiger partial charge in [-0.3, -0.25) is 19.2 Å². The first-order valence-corrected chi connectivity index (χ1v) is 6.34. The van der Waals surface area contributed by atoms with Crippen LogP contribution in [-0.2, 0) is 56.0 Å². The van der Waals surface area contributed by atoms with Crippen LogP contribution >= 0.6 is 0 Å². The molecule has 0 saturated heterocycles. The van der Waals surface area contributed by atoms with Crippen LogP contribution in [0.4, 0.5) is 0 Å². The molecule has 0 bridgehead atoms. The number of rotatable bonds is 10. The summed E-state index contributed by atoms with van der Waals surface area (Å²) in [6.45, 7) is 0. The van der Waals surface area contributed by atoms with E-state index in [-0.39, 0.29) is 130 Å². The summed E-state index contributed by atoms with van der Waals surface area (Å²) < 4.78 is 0. The first kappa shape index (κ1) is 44.4. The fourth-order valence-electron chi connectivity index (χ4n) is 1.43. The Balaban J connectivity index is -0.0000000847. The Morgan fingerprint density at radius 1 is 0.500 bits per heavy atom. The smallest absolute Gasteiger partial charge is 2.00 e. The van der Waals surface area contributed by atoms with Crippen LogP contribution in [-0.4, -0.2) is 87.9 Å². The van der Waals surface area contributed by atoms with Crippen molar-refractivity contribution >= 4 is 35.8 Å². The van der Waals surface area contributed by atoms with Crippen LogP contribution in [0.3, 0.4) is 0 Å². The van der Waals surface area contributed by atoms with Gasteiger partial charge in [0.15, 0.2) is 11.2 Å². The topological polar surface area (TPSA) is 293 Å². The summed E-state index contributed by atoms with van der Waals surface area (Å²) in [6.07, 6.45) is -4.58. The molecule has 0 saturated carbocycles. The Morgan fingerprint density at radius 2 is 0.633 bits per heavy atom. The summed E-state index contributed by atoms with van der Waals surface area (Å²) in [5.74, 6) is -10.0. The van der Waals surface area contributed by atoms with E-state index in [4.69, 9.17) is 40.9 Å². The number of hydrogen-bond acceptors (Lipinski definition) is 8. The van der Waals surface area contributed by atoms with Crippen molar-refractivity contribution in [1.82, 2.24) is 0 Å². The van der Waals surface area contributed by atoms with Gasteiger partial charge in [-0.25, -0.2) is 9.59 Å². The molecule has 0 amide bonds. The van der Waals surface area contributed by atoms with Crippen LogP contribution < -0.4 is 103 Å². The van der Waals surface area contributed by atoms with E-state index < -0.39 is 72.7 Å². The quantitative estimate of drug-likeness (QED) is 0.123. The molecule has 0 heterocycles. The van der Waals surface area contributed by atoms with Gasteiger partial charge in [-0.05, 0) is 0 Å². The number of carbonyl (C=O) groups is 6. The zero-order chi connectivity index (χ0) is 21.3. The van der Waals surface area contributed by atoms with E-state index in [1.165, 1.54) is 0 Å². The van der Waals surface area contributed by atoms with Crippen LogP contribution in [0.5, 0.6) is 0 Å². The molecule has 0 aromatic carbocycles. The molecule has 0 aliphatic heterocycles. The Kier molecular flexibility index (Phi) is 30.0. The van der Waals surface area contributed by atoms with Gasteiger partial charge in [0.05, 0.1) is 25.7 Å². The molecule has 15 nitrogen and oxygen atoms in total. The van der Waals surface area contributed by atoms with Gasteiger partial charge in [-0.1, -0.05) is 0 Å². The summed E-state index contributed by atoms with van der Waals surface area (Å²) >= 11 is 0. The zero-order valence-electron chi connectivity index (χ0n) is 15.8. The average Bonchev–Trinajstić information content (AvgIpc) is 2.34. The second-order valence-electron chi connectivity index (χ2n) is 4.96. The summed E-state index contributed by atoms with van der Waals surface area (Å²) in [5, 5.41) is 67.6. The van der Waals surface area contributed by atoms with E-state index in [1.807, 2.05) is 0 Å². The second-order valence-corrected chi connectivity index (χ2v) is 4.96. The molecule has 0 fully saturated rings. The molecule has 0 spiro atoms. The van der Waals surface area contributed by atoms with E-state index in [0.29, 0.717) is 0 Å². The maximum absolute atomic E-state index is 10.3. The standard InChI is InChI=1S/2C6H8O7.2K.O.Ti/c2*7-3(8)1-6(13,5(11)12)2-4(9)10;;;;/h2*13H,1-2H2,(H,7,8)(H,9,10)(H,11,12);;;;/q;;2*+1;-2;+4. The molecule has 156 valence electrons. The number of aliphatic carboxylic acids is 6. The second kappa shape index (κ2) is 20.3. The molecule has 0 radical (unpaired) electrons. The Labute approximate surface area is 267 Å². The van der Waals surface area contributed by atoms with Crippen molar-refractivity contribution in [2.24, 2.45) is 0 Å². The van der Waals surface area contributed by atoms with Crippen molar-refractivity contribution < 1.29 is 200 Å². The van der Waals surface area contributed by atoms with E-state index in [2.05, 4.69) is 0 Å². The molecule has 8 N–H and O–H groups in total. The minimum atomic E-state index is -2.74. The fourth-order valence-corrected chi connectivity index (χ4v) is 1.43. The Hall–Kier alpha value is 0.687. The van der Waals surface area contributed by atoms with Gasteiger partial charge in [-0.15, -0.1) is 0 Å². The number of aliphatic hydroxyl groups is 2. The predicted octanol–water partition coefficient (Wildman–Crippen LogP) is -8.61. The SMILES string of the molecule is O=C(O)CC(O)(CC(=O)O)C(=O)O.O=C(O)CC(O)(CC(=O)O)C(=O)O.[K+].[K+].[O-2].[Ti+4]. The zero-order valence-corrected chi connectivity index (χ0v) is 23.6. The Morgan fingerprint density at radius 3 is 0.700 bits per heavy atom. The molecule has 0 aliphatic rings. The third kappa shape index (κ3) is 20.6. The average molecular weight is 526 g/mol. The maximum Gasteiger partial charge on any atom is 4.00 e. The van der Waals surface area contributed by atoms with Gasteiger partial charge >= 0.3 is 160 Å². The van der Waals surface area contributed by atoms with E-state index in [0.717, 1.165) is 0 Å². The first-order valence-electron chi connectivity index (χ1n) is 6.34. The maximum atomic E-state index is 10.3. The molecule has 0 unspecified atom stereocenters. The third-order valence-electron chi connectivity index (χ3n) is 2.57. The van der Waals surface area contributed by atoms with Crippen LogP contribution in [0.2, 0.25) is 0 Å². The molecule has 30 heavy (non-hydrogen) atoms. The van der Waals surface area contributed by atoms with Crippen LogP contribution in [0.1, 0.15) is 25.7 Å². The van der Waals surface area contributed by atoms with Crippen LogP contribution in [0.25, 0.3) is 0 Å². The third-order valence-corrected chi connectivity index (χ3v) is 2.57. The van der Waals surface area contributed by atoms with E-state index in [1.54, 1.807) is 0 Å². The monoisotopic (exact) mass is 526 g/mol. The molecular weight excluding hydrogens is 510 g/mol. The largest absolute Gasteiger partial charge is 4.00 e. The summed E-state index contributed by atoms with van der Waals surface area (Å²) in [5.41, 5.74) is -5.48. The molecule has 18 heteroatoms. The van der Waals surface area contributed by atoms with Crippen molar-refractivity contribution in [3.8, 4) is 0 Å². The molecule has 0 aromatic heterocycles. The van der Waals surface area contributed by atoms with E-state index in [9.17, 15) is 28.8 Å². The van der Waals surface area contributed by atoms with Crippen molar-refractivity contribution in [1.29, 1.82) is 0 Å². The Bertz CT molecular complexity index is 524. The van der Waals surface area contributed by atoms with Gasteiger partial charge in [-0.2, -0.15) is 0 Å². The fraction of sp³-hybridized carbons (Fsp3) is 0.500. The summed E-state index contributed by atoms with van der Waals surface area (Å²) in [4.78, 5) is 61.0.